The molecule has 0 radical (unpaired) electrons. The predicted molar refractivity (Wildman–Crippen MR) is 222 cm³/mol. The van der Waals surface area contributed by atoms with Gasteiger partial charge in [0.2, 0.25) is 5.91 Å². The molecule has 3 amide bonds. The number of aromatic nitrogens is 4. The van der Waals surface area contributed by atoms with Gasteiger partial charge in [-0.2, -0.15) is 0 Å². The molecule has 13 nitrogen and oxygen atoms in total. The van der Waals surface area contributed by atoms with Crippen LogP contribution in [0.15, 0.2) is 79.3 Å². The van der Waals surface area contributed by atoms with Crippen LogP contribution in [-0.2, 0) is 29.2 Å². The molecule has 3 N–H and O–H groups in total. The number of imidazole rings is 1. The van der Waals surface area contributed by atoms with Crippen molar-refractivity contribution in [3.63, 3.8) is 0 Å². The van der Waals surface area contributed by atoms with Gasteiger partial charge < -0.3 is 29.9 Å². The number of aliphatic hydroxyl groups is 1. The molecule has 9 rings (SSSR count). The standard InChI is InChI=1S/C46H46N8O5/c1-28-12-15-40(45(57)50-28)54-26-37-30(8-5-11-35(37)46(54)58)7-3-4-18-47-44(56)38-14-13-33(24-48-38)39-23-32-9-6-10-34(36(32)25-49-39)42-41-27-52(29(2)55)19-20-53(41)43(51-42)31-16-21-59-22-17-31/h5-6,8-11,13-14,23-25,29,31,40,55H,1,4,12,15-22,26-27H2,2H3,(H,47,56)(H,50,57)/t29?,40-/m0/s1. The van der Waals surface area contributed by atoms with E-state index in [1.807, 2.05) is 37.4 Å². The zero-order valence-corrected chi connectivity index (χ0v) is 33.0. The Bertz CT molecular complexity index is 2550. The summed E-state index contributed by atoms with van der Waals surface area (Å²) >= 11 is 0. The average Bonchev–Trinajstić information content (AvgIpc) is 3.81. The van der Waals surface area contributed by atoms with Crippen LogP contribution in [0.5, 0.6) is 0 Å². The Morgan fingerprint density at radius 3 is 2.66 bits per heavy atom. The molecule has 2 saturated heterocycles. The monoisotopic (exact) mass is 790 g/mol. The first-order chi connectivity index (χ1) is 28.7. The lowest BCUT2D eigenvalue weighted by Crippen LogP contribution is -2.49. The molecule has 4 aliphatic rings. The van der Waals surface area contributed by atoms with Crippen molar-refractivity contribution in [2.75, 3.05) is 26.3 Å². The summed E-state index contributed by atoms with van der Waals surface area (Å²) in [7, 11) is 0. The maximum Gasteiger partial charge on any atom is 0.269 e. The number of hydrogen-bond donors (Lipinski definition) is 3. The minimum absolute atomic E-state index is 0.165. The highest BCUT2D eigenvalue weighted by atomic mass is 16.5. The van der Waals surface area contributed by atoms with Crippen LogP contribution in [0.4, 0.5) is 0 Å². The maximum atomic E-state index is 13.2. The van der Waals surface area contributed by atoms with Gasteiger partial charge in [0.05, 0.1) is 17.1 Å². The topological polar surface area (TPSA) is 155 Å². The number of carbonyl (C=O) groups is 3. The number of aliphatic hydroxyl groups excluding tert-OH is 1. The van der Waals surface area contributed by atoms with Crippen LogP contribution in [0.3, 0.4) is 0 Å². The molecule has 0 saturated carbocycles. The molecule has 5 aromatic rings. The molecule has 7 heterocycles. The molecule has 13 heteroatoms. The van der Waals surface area contributed by atoms with Crippen molar-refractivity contribution >= 4 is 28.5 Å². The summed E-state index contributed by atoms with van der Waals surface area (Å²) < 4.78 is 8.03. The molecule has 2 aromatic carbocycles. The first-order valence-corrected chi connectivity index (χ1v) is 20.4. The highest BCUT2D eigenvalue weighted by Gasteiger charge is 2.39. The largest absolute Gasteiger partial charge is 0.381 e. The van der Waals surface area contributed by atoms with Gasteiger partial charge in [-0.05, 0) is 73.9 Å². The van der Waals surface area contributed by atoms with Crippen LogP contribution in [0.2, 0.25) is 0 Å². The molecule has 300 valence electrons. The minimum atomic E-state index is -0.550. The third-order valence-electron chi connectivity index (χ3n) is 11.9. The summed E-state index contributed by atoms with van der Waals surface area (Å²) in [5.41, 5.74) is 7.68. The molecule has 4 aliphatic heterocycles. The number of benzene rings is 2. The van der Waals surface area contributed by atoms with Gasteiger partial charge in [0.1, 0.15) is 23.8 Å². The molecule has 2 fully saturated rings. The van der Waals surface area contributed by atoms with Crippen LogP contribution in [0.25, 0.3) is 33.3 Å². The Balaban J connectivity index is 0.857. The fraction of sp³-hybridized carbons (Fsp3) is 0.348. The maximum absolute atomic E-state index is 13.2. The summed E-state index contributed by atoms with van der Waals surface area (Å²) in [6.45, 7) is 9.94. The third kappa shape index (κ3) is 7.51. The summed E-state index contributed by atoms with van der Waals surface area (Å²) in [6.07, 6.45) is 6.48. The van der Waals surface area contributed by atoms with E-state index < -0.39 is 12.3 Å². The Hall–Kier alpha value is -6.20. The van der Waals surface area contributed by atoms with Crippen molar-refractivity contribution in [3.05, 3.63) is 113 Å². The molecule has 0 spiro atoms. The molecular formula is C46H46N8O5. The third-order valence-corrected chi connectivity index (χ3v) is 11.9. The summed E-state index contributed by atoms with van der Waals surface area (Å²) in [6, 6.07) is 16.7. The van der Waals surface area contributed by atoms with E-state index in [1.54, 1.807) is 29.3 Å². The van der Waals surface area contributed by atoms with E-state index >= 15 is 0 Å². The summed E-state index contributed by atoms with van der Waals surface area (Å²) in [4.78, 5) is 57.1. The van der Waals surface area contributed by atoms with Gasteiger partial charge in [0.25, 0.3) is 11.8 Å². The van der Waals surface area contributed by atoms with Crippen LogP contribution < -0.4 is 10.6 Å². The summed E-state index contributed by atoms with van der Waals surface area (Å²) in [5.74, 6) is 7.06. The van der Waals surface area contributed by atoms with Crippen LogP contribution in [0, 0.1) is 11.8 Å². The molecule has 59 heavy (non-hydrogen) atoms. The van der Waals surface area contributed by atoms with Gasteiger partial charge >= 0.3 is 0 Å². The zero-order valence-electron chi connectivity index (χ0n) is 33.0. The summed E-state index contributed by atoms with van der Waals surface area (Å²) in [5, 5.41) is 18.1. The number of allylic oxidation sites excluding steroid dienone is 1. The number of hydrogen-bond acceptors (Lipinski definition) is 9. The number of amides is 3. The molecule has 0 bridgehead atoms. The first-order valence-electron chi connectivity index (χ1n) is 20.4. The van der Waals surface area contributed by atoms with Crippen molar-refractivity contribution in [1.82, 2.24) is 40.0 Å². The van der Waals surface area contributed by atoms with Crippen molar-refractivity contribution in [2.45, 2.75) is 76.8 Å². The number of nitrogens with one attached hydrogen (secondary N) is 2. The van der Waals surface area contributed by atoms with E-state index in [9.17, 15) is 19.5 Å². The highest BCUT2D eigenvalue weighted by molar-refractivity contribution is 6.02. The predicted octanol–water partition coefficient (Wildman–Crippen LogP) is 5.13. The fourth-order valence-electron chi connectivity index (χ4n) is 8.70. The number of rotatable bonds is 8. The highest BCUT2D eigenvalue weighted by Crippen LogP contribution is 2.38. The second-order valence-corrected chi connectivity index (χ2v) is 15.7. The smallest absolute Gasteiger partial charge is 0.269 e. The van der Waals surface area contributed by atoms with Gasteiger partial charge in [-0.15, -0.1) is 0 Å². The Labute approximate surface area is 342 Å². The number of piperidine rings is 1. The lowest BCUT2D eigenvalue weighted by atomic mass is 9.99. The van der Waals surface area contributed by atoms with Crippen LogP contribution in [-0.4, -0.2) is 90.7 Å². The second-order valence-electron chi connectivity index (χ2n) is 15.7. The van der Waals surface area contributed by atoms with E-state index in [-0.39, 0.29) is 23.4 Å². The molecule has 1 unspecified atom stereocenters. The van der Waals surface area contributed by atoms with E-state index in [0.717, 1.165) is 95.1 Å². The van der Waals surface area contributed by atoms with Gasteiger partial charge in [0.15, 0.2) is 0 Å². The van der Waals surface area contributed by atoms with Gasteiger partial charge in [-0.1, -0.05) is 42.7 Å². The molecule has 0 aliphatic carbocycles. The second kappa shape index (κ2) is 16.2. The number of ether oxygens (including phenoxy) is 1. The van der Waals surface area contributed by atoms with Crippen molar-refractivity contribution in [1.29, 1.82) is 0 Å². The minimum Gasteiger partial charge on any atom is -0.381 e. The Morgan fingerprint density at radius 1 is 1.03 bits per heavy atom. The normalized spacial score (nSPS) is 18.8. The molecular weight excluding hydrogens is 745 g/mol. The van der Waals surface area contributed by atoms with Crippen molar-refractivity contribution < 1.29 is 24.2 Å². The van der Waals surface area contributed by atoms with E-state index in [2.05, 4.69) is 55.6 Å². The lowest BCUT2D eigenvalue weighted by molar-refractivity contribution is -0.126. The molecule has 3 aromatic heterocycles. The van der Waals surface area contributed by atoms with E-state index in [4.69, 9.17) is 14.7 Å². The van der Waals surface area contributed by atoms with Crippen molar-refractivity contribution in [3.8, 4) is 34.4 Å². The number of pyridine rings is 2. The van der Waals surface area contributed by atoms with Gasteiger partial charge in [0, 0.05) is 104 Å². The first kappa shape index (κ1) is 38.3. The van der Waals surface area contributed by atoms with Crippen LogP contribution in [0.1, 0.15) is 88.4 Å². The number of nitrogens with zero attached hydrogens (tertiary/aromatic N) is 6. The SMILES string of the molecule is C=C1CC[C@H](N2Cc3c(C#CCCNC(=O)c4ccc(-c5cc6cccc(-c7nc(C8CCOCC8)n8c7CN(C(C)O)CC8)c6cn5)cn4)cccc3C2=O)C(=O)N1. The Kier molecular flexibility index (Phi) is 10.5. The van der Waals surface area contributed by atoms with Gasteiger partial charge in [-0.25, -0.2) is 4.98 Å². The van der Waals surface area contributed by atoms with E-state index in [1.165, 1.54) is 0 Å². The van der Waals surface area contributed by atoms with E-state index in [0.29, 0.717) is 56.1 Å². The number of carbonyl (C=O) groups excluding carboxylic acids is 3. The average molecular weight is 791 g/mol. The van der Waals surface area contributed by atoms with Crippen LogP contribution >= 0.6 is 0 Å². The quantitative estimate of drug-likeness (QED) is 0.144. The van der Waals surface area contributed by atoms with Gasteiger partial charge in [-0.3, -0.25) is 29.3 Å². The number of fused-ring (bicyclic) bond motifs is 3. The molecule has 2 atom stereocenters. The zero-order chi connectivity index (χ0) is 40.6. The lowest BCUT2D eigenvalue weighted by Gasteiger charge is -2.32. The fourth-order valence-corrected chi connectivity index (χ4v) is 8.70. The van der Waals surface area contributed by atoms with Crippen molar-refractivity contribution in [2.24, 2.45) is 0 Å². The Morgan fingerprint density at radius 2 is 1.86 bits per heavy atom.